The number of ether oxygens (including phenoxy) is 3. The molecule has 20 heavy (non-hydrogen) atoms. The van der Waals surface area contributed by atoms with Crippen LogP contribution in [-0.4, -0.2) is 24.8 Å². The molecular formula is C15H21NO4. The van der Waals surface area contributed by atoms with Crippen molar-refractivity contribution >= 4 is 5.97 Å². The van der Waals surface area contributed by atoms with Gasteiger partial charge >= 0.3 is 5.97 Å². The largest absolute Gasteiger partial charge is 0.487 e. The van der Waals surface area contributed by atoms with Crippen molar-refractivity contribution in [3.05, 3.63) is 23.8 Å². The first-order valence-electron chi connectivity index (χ1n) is 6.65. The Morgan fingerprint density at radius 1 is 1.50 bits per heavy atom. The molecule has 1 aromatic carbocycles. The second-order valence-corrected chi connectivity index (χ2v) is 5.66. The van der Waals surface area contributed by atoms with E-state index >= 15 is 0 Å². The fourth-order valence-corrected chi connectivity index (χ4v) is 2.38. The molecule has 0 fully saturated rings. The molecule has 1 aliphatic rings. The van der Waals surface area contributed by atoms with Crippen molar-refractivity contribution in [2.45, 2.75) is 44.9 Å². The summed E-state index contributed by atoms with van der Waals surface area (Å²) in [6.45, 7) is 5.64. The van der Waals surface area contributed by atoms with Crippen molar-refractivity contribution in [2.24, 2.45) is 5.73 Å². The topological polar surface area (TPSA) is 70.8 Å². The molecule has 2 unspecified atom stereocenters. The van der Waals surface area contributed by atoms with Gasteiger partial charge in [0.1, 0.15) is 17.1 Å². The maximum atomic E-state index is 11.4. The van der Waals surface area contributed by atoms with Gasteiger partial charge in [0, 0.05) is 24.1 Å². The average Bonchev–Trinajstić information content (AvgIpc) is 2.35. The standard InChI is InChI=1S/C15H21NO4/c1-9(14(17)18-4)19-10-5-6-11-12(16)8-15(2,3)20-13(11)7-10/h5-7,9,12H,8,16H2,1-4H3. The molecule has 2 rings (SSSR count). The van der Waals surface area contributed by atoms with Crippen molar-refractivity contribution < 1.29 is 19.0 Å². The number of nitrogens with two attached hydrogens (primary N) is 1. The van der Waals surface area contributed by atoms with E-state index in [0.29, 0.717) is 11.5 Å². The summed E-state index contributed by atoms with van der Waals surface area (Å²) >= 11 is 0. The second-order valence-electron chi connectivity index (χ2n) is 5.66. The number of esters is 1. The summed E-state index contributed by atoms with van der Waals surface area (Å²) in [6.07, 6.45) is 0.0991. The normalized spacial score (nSPS) is 21.4. The van der Waals surface area contributed by atoms with Crippen molar-refractivity contribution in [3.63, 3.8) is 0 Å². The van der Waals surface area contributed by atoms with Crippen molar-refractivity contribution in [1.82, 2.24) is 0 Å². The first-order chi connectivity index (χ1) is 9.32. The number of benzene rings is 1. The van der Waals surface area contributed by atoms with Crippen LogP contribution in [0, 0.1) is 0 Å². The Hall–Kier alpha value is -1.75. The Morgan fingerprint density at radius 2 is 2.20 bits per heavy atom. The summed E-state index contributed by atoms with van der Waals surface area (Å²) in [4.78, 5) is 11.4. The molecule has 2 atom stereocenters. The molecule has 0 amide bonds. The van der Waals surface area contributed by atoms with Gasteiger partial charge < -0.3 is 19.9 Å². The highest BCUT2D eigenvalue weighted by molar-refractivity contribution is 5.74. The summed E-state index contributed by atoms with van der Waals surface area (Å²) in [5, 5.41) is 0. The third-order valence-corrected chi connectivity index (χ3v) is 3.33. The van der Waals surface area contributed by atoms with E-state index in [1.165, 1.54) is 7.11 Å². The number of fused-ring (bicyclic) bond motifs is 1. The highest BCUT2D eigenvalue weighted by Crippen LogP contribution is 2.40. The van der Waals surface area contributed by atoms with Crippen molar-refractivity contribution in [1.29, 1.82) is 0 Å². The van der Waals surface area contributed by atoms with Crippen LogP contribution in [-0.2, 0) is 9.53 Å². The van der Waals surface area contributed by atoms with Crippen LogP contribution in [0.4, 0.5) is 0 Å². The highest BCUT2D eigenvalue weighted by atomic mass is 16.6. The van der Waals surface area contributed by atoms with Gasteiger partial charge in [-0.1, -0.05) is 6.07 Å². The monoisotopic (exact) mass is 279 g/mol. The Balaban J connectivity index is 2.21. The molecule has 0 radical (unpaired) electrons. The molecule has 110 valence electrons. The maximum Gasteiger partial charge on any atom is 0.346 e. The third kappa shape index (κ3) is 3.04. The smallest absolute Gasteiger partial charge is 0.346 e. The number of methoxy groups -OCH3 is 1. The van der Waals surface area contributed by atoms with Crippen LogP contribution in [0.3, 0.4) is 0 Å². The van der Waals surface area contributed by atoms with E-state index < -0.39 is 12.1 Å². The van der Waals surface area contributed by atoms with Crippen LogP contribution >= 0.6 is 0 Å². The quantitative estimate of drug-likeness (QED) is 0.859. The minimum atomic E-state index is -0.664. The first-order valence-corrected chi connectivity index (χ1v) is 6.65. The molecule has 0 aromatic heterocycles. The maximum absolute atomic E-state index is 11.4. The summed E-state index contributed by atoms with van der Waals surface area (Å²) in [5.41, 5.74) is 6.80. The van der Waals surface area contributed by atoms with Gasteiger partial charge in [-0.3, -0.25) is 0 Å². The lowest BCUT2D eigenvalue weighted by Gasteiger charge is -2.36. The van der Waals surface area contributed by atoms with Gasteiger partial charge in [-0.25, -0.2) is 4.79 Å². The van der Waals surface area contributed by atoms with Crippen LogP contribution < -0.4 is 15.2 Å². The van der Waals surface area contributed by atoms with Crippen molar-refractivity contribution in [3.8, 4) is 11.5 Å². The molecule has 5 nitrogen and oxygen atoms in total. The molecule has 0 bridgehead atoms. The number of rotatable bonds is 3. The van der Waals surface area contributed by atoms with E-state index in [2.05, 4.69) is 4.74 Å². The average molecular weight is 279 g/mol. The minimum Gasteiger partial charge on any atom is -0.487 e. The van der Waals surface area contributed by atoms with Crippen LogP contribution in [0.2, 0.25) is 0 Å². The van der Waals surface area contributed by atoms with E-state index in [1.54, 1.807) is 19.1 Å². The summed E-state index contributed by atoms with van der Waals surface area (Å²) < 4.78 is 16.1. The van der Waals surface area contributed by atoms with Gasteiger partial charge in [0.25, 0.3) is 0 Å². The zero-order chi connectivity index (χ0) is 14.9. The lowest BCUT2D eigenvalue weighted by atomic mass is 9.90. The fraction of sp³-hybridized carbons (Fsp3) is 0.533. The predicted molar refractivity (Wildman–Crippen MR) is 74.8 cm³/mol. The molecular weight excluding hydrogens is 258 g/mol. The molecule has 0 saturated heterocycles. The molecule has 1 heterocycles. The van der Waals surface area contributed by atoms with Gasteiger partial charge in [-0.05, 0) is 26.8 Å². The minimum absolute atomic E-state index is 0.0548. The number of hydrogen-bond donors (Lipinski definition) is 1. The van der Waals surface area contributed by atoms with Gasteiger partial charge in [0.05, 0.1) is 7.11 Å². The summed E-state index contributed by atoms with van der Waals surface area (Å²) in [6, 6.07) is 5.39. The molecule has 1 aromatic rings. The van der Waals surface area contributed by atoms with Crippen LogP contribution in [0.15, 0.2) is 18.2 Å². The molecule has 0 aliphatic carbocycles. The van der Waals surface area contributed by atoms with Gasteiger partial charge in [0.2, 0.25) is 0 Å². The Kier molecular flexibility index (Phi) is 3.90. The Labute approximate surface area is 119 Å². The van der Waals surface area contributed by atoms with Gasteiger partial charge in [0.15, 0.2) is 6.10 Å². The van der Waals surface area contributed by atoms with E-state index in [-0.39, 0.29) is 11.6 Å². The van der Waals surface area contributed by atoms with Crippen LogP contribution in [0.5, 0.6) is 11.5 Å². The number of carbonyl (C=O) groups excluding carboxylic acids is 1. The van der Waals surface area contributed by atoms with E-state index in [0.717, 1.165) is 12.0 Å². The SMILES string of the molecule is COC(=O)C(C)Oc1ccc2c(c1)OC(C)(C)CC2N. The first kappa shape index (κ1) is 14.7. The molecule has 2 N–H and O–H groups in total. The van der Waals surface area contributed by atoms with E-state index in [9.17, 15) is 4.79 Å². The number of carbonyl (C=O) groups is 1. The Morgan fingerprint density at radius 3 is 2.85 bits per heavy atom. The lowest BCUT2D eigenvalue weighted by Crippen LogP contribution is -2.37. The fourth-order valence-electron chi connectivity index (χ4n) is 2.38. The summed E-state index contributed by atoms with van der Waals surface area (Å²) in [7, 11) is 1.33. The second kappa shape index (κ2) is 5.32. The van der Waals surface area contributed by atoms with E-state index in [1.807, 2.05) is 19.9 Å². The van der Waals surface area contributed by atoms with Crippen LogP contribution in [0.1, 0.15) is 38.8 Å². The summed E-state index contributed by atoms with van der Waals surface area (Å²) in [5.74, 6) is 0.857. The third-order valence-electron chi connectivity index (χ3n) is 3.33. The van der Waals surface area contributed by atoms with E-state index in [4.69, 9.17) is 15.2 Å². The molecule has 5 heteroatoms. The molecule has 0 spiro atoms. The predicted octanol–water partition coefficient (Wildman–Crippen LogP) is 2.19. The van der Waals surface area contributed by atoms with Crippen molar-refractivity contribution in [2.75, 3.05) is 7.11 Å². The zero-order valence-electron chi connectivity index (χ0n) is 12.3. The lowest BCUT2D eigenvalue weighted by molar-refractivity contribution is -0.147. The highest BCUT2D eigenvalue weighted by Gasteiger charge is 2.32. The number of hydrogen-bond acceptors (Lipinski definition) is 5. The Bertz CT molecular complexity index is 513. The molecule has 0 saturated carbocycles. The van der Waals surface area contributed by atoms with Crippen LogP contribution in [0.25, 0.3) is 0 Å². The van der Waals surface area contributed by atoms with Gasteiger partial charge in [-0.2, -0.15) is 0 Å². The van der Waals surface area contributed by atoms with Gasteiger partial charge in [-0.15, -0.1) is 0 Å². The zero-order valence-corrected chi connectivity index (χ0v) is 12.3. The molecule has 1 aliphatic heterocycles.